The van der Waals surface area contributed by atoms with Crippen LogP contribution in [0.1, 0.15) is 51.4 Å². The van der Waals surface area contributed by atoms with E-state index in [4.69, 9.17) is 0 Å². The Bertz CT molecular complexity index is 407. The number of hydrogen-bond donors (Lipinski definition) is 1. The van der Waals surface area contributed by atoms with Crippen LogP contribution in [0.3, 0.4) is 0 Å². The number of thioether (sulfide) groups is 1. The maximum atomic E-state index is 12.9. The van der Waals surface area contributed by atoms with E-state index < -0.39 is 5.54 Å². The predicted molar refractivity (Wildman–Crippen MR) is 80.6 cm³/mol. The SMILES string of the molecule is CSC1CCCC(N2CC(=O)NC3(CCCC3)C2=O)C1. The quantitative estimate of drug-likeness (QED) is 0.847. The Morgan fingerprint density at radius 2 is 1.95 bits per heavy atom. The summed E-state index contributed by atoms with van der Waals surface area (Å²) in [6.45, 7) is 0.270. The van der Waals surface area contributed by atoms with E-state index in [1.807, 2.05) is 16.7 Å². The van der Waals surface area contributed by atoms with Crippen LogP contribution in [0.4, 0.5) is 0 Å². The molecule has 1 saturated heterocycles. The van der Waals surface area contributed by atoms with Gasteiger partial charge in [0.05, 0.1) is 6.54 Å². The molecule has 0 aromatic rings. The zero-order chi connectivity index (χ0) is 14.2. The average Bonchev–Trinajstić information content (AvgIpc) is 2.92. The molecule has 20 heavy (non-hydrogen) atoms. The van der Waals surface area contributed by atoms with Crippen molar-refractivity contribution in [3.63, 3.8) is 0 Å². The van der Waals surface area contributed by atoms with Crippen LogP contribution < -0.4 is 5.32 Å². The molecule has 2 aliphatic carbocycles. The molecule has 1 spiro atoms. The smallest absolute Gasteiger partial charge is 0.249 e. The molecule has 1 aliphatic heterocycles. The van der Waals surface area contributed by atoms with Crippen molar-refractivity contribution in [3.05, 3.63) is 0 Å². The zero-order valence-corrected chi connectivity index (χ0v) is 13.0. The lowest BCUT2D eigenvalue weighted by Crippen LogP contribution is -2.67. The fourth-order valence-electron chi connectivity index (χ4n) is 4.09. The zero-order valence-electron chi connectivity index (χ0n) is 12.2. The predicted octanol–water partition coefficient (Wildman–Crippen LogP) is 1.93. The van der Waals surface area contributed by atoms with Gasteiger partial charge in [-0.3, -0.25) is 9.59 Å². The molecule has 3 fully saturated rings. The van der Waals surface area contributed by atoms with E-state index in [-0.39, 0.29) is 24.4 Å². The number of nitrogens with one attached hydrogen (secondary N) is 1. The molecule has 0 aromatic heterocycles. The Morgan fingerprint density at radius 3 is 2.65 bits per heavy atom. The molecule has 2 saturated carbocycles. The molecule has 2 atom stereocenters. The highest BCUT2D eigenvalue weighted by atomic mass is 32.2. The third-order valence-electron chi connectivity index (χ3n) is 5.19. The van der Waals surface area contributed by atoms with Gasteiger partial charge in [0, 0.05) is 11.3 Å². The van der Waals surface area contributed by atoms with E-state index in [0.29, 0.717) is 5.25 Å². The van der Waals surface area contributed by atoms with Gasteiger partial charge in [0.2, 0.25) is 11.8 Å². The normalized spacial score (nSPS) is 33.5. The van der Waals surface area contributed by atoms with Gasteiger partial charge in [-0.05, 0) is 38.4 Å². The van der Waals surface area contributed by atoms with Gasteiger partial charge in [-0.25, -0.2) is 0 Å². The minimum Gasteiger partial charge on any atom is -0.340 e. The molecular weight excluding hydrogens is 272 g/mol. The summed E-state index contributed by atoms with van der Waals surface area (Å²) in [7, 11) is 0. The van der Waals surface area contributed by atoms with Crippen molar-refractivity contribution >= 4 is 23.6 Å². The Hall–Kier alpha value is -0.710. The standard InChI is InChI=1S/C15H24N2O2S/c1-20-12-6-4-5-11(9-12)17-10-13(18)16-15(14(17)19)7-2-3-8-15/h11-12H,2-10H2,1H3,(H,16,18). The number of hydrogen-bond acceptors (Lipinski definition) is 3. The number of amides is 2. The summed E-state index contributed by atoms with van der Waals surface area (Å²) in [5.74, 6) is 0.235. The van der Waals surface area contributed by atoms with Crippen molar-refractivity contribution in [1.29, 1.82) is 0 Å². The highest BCUT2D eigenvalue weighted by Gasteiger charge is 2.50. The van der Waals surface area contributed by atoms with E-state index in [2.05, 4.69) is 11.6 Å². The third-order valence-corrected chi connectivity index (χ3v) is 6.29. The Balaban J connectivity index is 1.77. The lowest BCUT2D eigenvalue weighted by atomic mass is 9.88. The minimum absolute atomic E-state index is 0.0396. The Morgan fingerprint density at radius 1 is 1.20 bits per heavy atom. The molecule has 3 aliphatic rings. The number of carbonyl (C=O) groups is 2. The second-order valence-corrected chi connectivity index (χ2v) is 7.59. The lowest BCUT2D eigenvalue weighted by molar-refractivity contribution is -0.152. The summed E-state index contributed by atoms with van der Waals surface area (Å²) in [6, 6.07) is 0.275. The average molecular weight is 296 g/mol. The van der Waals surface area contributed by atoms with Crippen molar-refractivity contribution < 1.29 is 9.59 Å². The van der Waals surface area contributed by atoms with E-state index in [1.165, 1.54) is 12.8 Å². The number of rotatable bonds is 2. The summed E-state index contributed by atoms with van der Waals surface area (Å²) in [4.78, 5) is 26.9. The maximum Gasteiger partial charge on any atom is 0.249 e. The van der Waals surface area contributed by atoms with Crippen LogP contribution in [0.5, 0.6) is 0 Å². The van der Waals surface area contributed by atoms with Gasteiger partial charge >= 0.3 is 0 Å². The highest BCUT2D eigenvalue weighted by Crippen LogP contribution is 2.37. The van der Waals surface area contributed by atoms with Crippen molar-refractivity contribution in [2.75, 3.05) is 12.8 Å². The molecule has 4 nitrogen and oxygen atoms in total. The van der Waals surface area contributed by atoms with Crippen LogP contribution in [0, 0.1) is 0 Å². The second-order valence-electron chi connectivity index (χ2n) is 6.45. The van der Waals surface area contributed by atoms with Crippen LogP contribution in [0.15, 0.2) is 0 Å². The van der Waals surface area contributed by atoms with E-state index >= 15 is 0 Å². The molecule has 112 valence electrons. The first-order valence-corrected chi connectivity index (χ1v) is 9.08. The van der Waals surface area contributed by atoms with Crippen molar-refractivity contribution in [3.8, 4) is 0 Å². The Kier molecular flexibility index (Phi) is 3.98. The van der Waals surface area contributed by atoms with Crippen molar-refractivity contribution in [1.82, 2.24) is 10.2 Å². The molecule has 2 unspecified atom stereocenters. The fourth-order valence-corrected chi connectivity index (χ4v) is 4.91. The summed E-state index contributed by atoms with van der Waals surface area (Å²) < 4.78 is 0. The molecule has 2 amide bonds. The van der Waals surface area contributed by atoms with Gasteiger partial charge in [-0.2, -0.15) is 11.8 Å². The van der Waals surface area contributed by atoms with Gasteiger partial charge in [-0.15, -0.1) is 0 Å². The summed E-state index contributed by atoms with van der Waals surface area (Å²) in [5.41, 5.74) is -0.554. The first kappa shape index (κ1) is 14.2. The Labute approximate surface area is 125 Å². The number of piperazine rings is 1. The molecule has 0 aromatic carbocycles. The van der Waals surface area contributed by atoms with E-state index in [0.717, 1.165) is 38.5 Å². The summed E-state index contributed by atoms with van der Waals surface area (Å²) >= 11 is 1.90. The van der Waals surface area contributed by atoms with Crippen molar-refractivity contribution in [2.24, 2.45) is 0 Å². The van der Waals surface area contributed by atoms with Gasteiger partial charge < -0.3 is 10.2 Å². The third kappa shape index (κ3) is 2.45. The molecule has 0 radical (unpaired) electrons. The van der Waals surface area contributed by atoms with Crippen LogP contribution in [0.25, 0.3) is 0 Å². The van der Waals surface area contributed by atoms with Crippen LogP contribution in [-0.4, -0.2) is 46.3 Å². The lowest BCUT2D eigenvalue weighted by Gasteiger charge is -2.45. The second kappa shape index (κ2) is 5.58. The van der Waals surface area contributed by atoms with E-state index in [1.54, 1.807) is 0 Å². The first-order valence-electron chi connectivity index (χ1n) is 7.79. The van der Waals surface area contributed by atoms with Gasteiger partial charge in [0.15, 0.2) is 0 Å². The largest absolute Gasteiger partial charge is 0.340 e. The highest BCUT2D eigenvalue weighted by molar-refractivity contribution is 7.99. The molecule has 5 heteroatoms. The van der Waals surface area contributed by atoms with E-state index in [9.17, 15) is 9.59 Å². The van der Waals surface area contributed by atoms with Crippen molar-refractivity contribution in [2.45, 2.75) is 68.2 Å². The molecule has 1 N–H and O–H groups in total. The maximum absolute atomic E-state index is 12.9. The fraction of sp³-hybridized carbons (Fsp3) is 0.867. The number of nitrogens with zero attached hydrogens (tertiary/aromatic N) is 1. The van der Waals surface area contributed by atoms with Crippen LogP contribution in [0.2, 0.25) is 0 Å². The topological polar surface area (TPSA) is 49.4 Å². The minimum atomic E-state index is -0.554. The summed E-state index contributed by atoms with van der Waals surface area (Å²) in [6.07, 6.45) is 10.4. The van der Waals surface area contributed by atoms with Crippen LogP contribution >= 0.6 is 11.8 Å². The number of carbonyl (C=O) groups excluding carboxylic acids is 2. The molecule has 3 rings (SSSR count). The molecule has 0 bridgehead atoms. The van der Waals surface area contributed by atoms with Gasteiger partial charge in [0.25, 0.3) is 0 Å². The van der Waals surface area contributed by atoms with Gasteiger partial charge in [0.1, 0.15) is 5.54 Å². The molecule has 1 heterocycles. The molecular formula is C15H24N2O2S. The summed E-state index contributed by atoms with van der Waals surface area (Å²) in [5, 5.41) is 3.64. The monoisotopic (exact) mass is 296 g/mol. The van der Waals surface area contributed by atoms with Gasteiger partial charge in [-0.1, -0.05) is 19.3 Å². The van der Waals surface area contributed by atoms with Crippen LogP contribution in [-0.2, 0) is 9.59 Å². The first-order chi connectivity index (χ1) is 9.64.